The van der Waals surface area contributed by atoms with Crippen LogP contribution in [0, 0.1) is 11.3 Å². The van der Waals surface area contributed by atoms with E-state index in [4.69, 9.17) is 16.9 Å². The summed E-state index contributed by atoms with van der Waals surface area (Å²) >= 11 is 5.79. The molecule has 6 heteroatoms. The standard InChI is InChI=1S/C11H8ClF2NO2/c1-6(16)10(12)9-3-2-8(17-11(13)14)4-7(9)5-15/h2-4,10-11H,1H3. The minimum atomic E-state index is -2.97. The fraction of sp³-hybridized carbons (Fsp3) is 0.273. The zero-order chi connectivity index (χ0) is 13.0. The van der Waals surface area contributed by atoms with Crippen molar-refractivity contribution in [3.63, 3.8) is 0 Å². The van der Waals surface area contributed by atoms with Crippen LogP contribution < -0.4 is 4.74 Å². The van der Waals surface area contributed by atoms with Crippen LogP contribution in [0.1, 0.15) is 23.4 Å². The van der Waals surface area contributed by atoms with Gasteiger partial charge in [-0.05, 0) is 24.6 Å². The zero-order valence-corrected chi connectivity index (χ0v) is 9.54. The molecule has 17 heavy (non-hydrogen) atoms. The lowest BCUT2D eigenvalue weighted by atomic mass is 10.0. The van der Waals surface area contributed by atoms with E-state index in [2.05, 4.69) is 4.74 Å². The van der Waals surface area contributed by atoms with Crippen LogP contribution in [0.5, 0.6) is 5.75 Å². The van der Waals surface area contributed by atoms with E-state index in [1.165, 1.54) is 19.1 Å². The molecule has 0 amide bonds. The number of hydrogen-bond acceptors (Lipinski definition) is 3. The second kappa shape index (κ2) is 5.60. The Kier molecular flexibility index (Phi) is 4.41. The van der Waals surface area contributed by atoms with Gasteiger partial charge in [-0.25, -0.2) is 0 Å². The summed E-state index contributed by atoms with van der Waals surface area (Å²) in [6.45, 7) is -1.69. The van der Waals surface area contributed by atoms with E-state index >= 15 is 0 Å². The van der Waals surface area contributed by atoms with Crippen molar-refractivity contribution in [3.05, 3.63) is 29.3 Å². The average Bonchev–Trinajstić information content (AvgIpc) is 2.27. The molecule has 1 aromatic carbocycles. The molecular weight excluding hydrogens is 252 g/mol. The molecule has 1 aromatic rings. The molecule has 0 saturated carbocycles. The van der Waals surface area contributed by atoms with Crippen molar-refractivity contribution in [1.29, 1.82) is 5.26 Å². The Morgan fingerprint density at radius 3 is 2.65 bits per heavy atom. The van der Waals surface area contributed by atoms with Crippen molar-refractivity contribution in [2.75, 3.05) is 0 Å². The summed E-state index contributed by atoms with van der Waals surface area (Å²) in [7, 11) is 0. The molecule has 3 nitrogen and oxygen atoms in total. The summed E-state index contributed by atoms with van der Waals surface area (Å²) in [6, 6.07) is 5.47. The highest BCUT2D eigenvalue weighted by atomic mass is 35.5. The number of ether oxygens (including phenoxy) is 1. The van der Waals surface area contributed by atoms with Gasteiger partial charge in [0.05, 0.1) is 11.6 Å². The lowest BCUT2D eigenvalue weighted by Crippen LogP contribution is -2.06. The molecule has 0 aromatic heterocycles. The SMILES string of the molecule is CC(=O)C(Cl)c1ccc(OC(F)F)cc1C#N. The molecule has 1 atom stereocenters. The molecule has 0 fully saturated rings. The van der Waals surface area contributed by atoms with Gasteiger partial charge in [-0.15, -0.1) is 11.6 Å². The fourth-order valence-corrected chi connectivity index (χ4v) is 1.44. The minimum Gasteiger partial charge on any atom is -0.435 e. The molecule has 1 unspecified atom stereocenters. The number of halogens is 3. The predicted octanol–water partition coefficient (Wildman–Crippen LogP) is 3.03. The topological polar surface area (TPSA) is 50.1 Å². The van der Waals surface area contributed by atoms with Crippen LogP contribution >= 0.6 is 11.6 Å². The first-order chi connectivity index (χ1) is 7.95. The maximum absolute atomic E-state index is 12.0. The van der Waals surface area contributed by atoms with E-state index in [1.54, 1.807) is 6.07 Å². The van der Waals surface area contributed by atoms with E-state index in [-0.39, 0.29) is 22.7 Å². The second-order valence-corrected chi connectivity index (χ2v) is 3.65. The third-order valence-electron chi connectivity index (χ3n) is 2.00. The summed E-state index contributed by atoms with van der Waals surface area (Å²) in [5.74, 6) is -0.474. The van der Waals surface area contributed by atoms with Crippen LogP contribution in [0.25, 0.3) is 0 Å². The molecule has 0 aliphatic carbocycles. The van der Waals surface area contributed by atoms with E-state index in [9.17, 15) is 13.6 Å². The number of carbonyl (C=O) groups is 1. The van der Waals surface area contributed by atoms with Gasteiger partial charge in [0.2, 0.25) is 0 Å². The van der Waals surface area contributed by atoms with Crippen LogP contribution in [0.2, 0.25) is 0 Å². The molecule has 0 bridgehead atoms. The Balaban J connectivity index is 3.11. The van der Waals surface area contributed by atoms with Gasteiger partial charge in [0.1, 0.15) is 11.1 Å². The van der Waals surface area contributed by atoms with Crippen molar-refractivity contribution in [2.24, 2.45) is 0 Å². The average molecular weight is 260 g/mol. The zero-order valence-electron chi connectivity index (χ0n) is 8.78. The highest BCUT2D eigenvalue weighted by Gasteiger charge is 2.18. The summed E-state index contributed by atoms with van der Waals surface area (Å²) in [5.41, 5.74) is 0.321. The van der Waals surface area contributed by atoms with Crippen LogP contribution in [0.15, 0.2) is 18.2 Å². The smallest absolute Gasteiger partial charge is 0.387 e. The number of rotatable bonds is 4. The summed E-state index contributed by atoms with van der Waals surface area (Å²) in [5, 5.41) is 7.88. The molecule has 0 saturated heterocycles. The third-order valence-corrected chi connectivity index (χ3v) is 2.54. The number of nitrogens with zero attached hydrogens (tertiary/aromatic N) is 1. The quantitative estimate of drug-likeness (QED) is 0.781. The van der Waals surface area contributed by atoms with Gasteiger partial charge in [-0.1, -0.05) is 6.07 Å². The number of carbonyl (C=O) groups excluding carboxylic acids is 1. The van der Waals surface area contributed by atoms with Crippen LogP contribution in [0.4, 0.5) is 8.78 Å². The van der Waals surface area contributed by atoms with E-state index in [0.29, 0.717) is 0 Å². The first-order valence-corrected chi connectivity index (χ1v) is 5.02. The fourth-order valence-electron chi connectivity index (χ4n) is 1.25. The molecular formula is C11H8ClF2NO2. The molecule has 0 N–H and O–H groups in total. The van der Waals surface area contributed by atoms with Crippen LogP contribution in [-0.4, -0.2) is 12.4 Å². The van der Waals surface area contributed by atoms with Crippen molar-refractivity contribution >= 4 is 17.4 Å². The number of alkyl halides is 3. The first-order valence-electron chi connectivity index (χ1n) is 4.59. The summed E-state index contributed by atoms with van der Waals surface area (Å²) in [6.07, 6.45) is 0. The number of nitriles is 1. The van der Waals surface area contributed by atoms with Gasteiger partial charge in [0, 0.05) is 0 Å². The number of hydrogen-bond donors (Lipinski definition) is 0. The highest BCUT2D eigenvalue weighted by Crippen LogP contribution is 2.28. The predicted molar refractivity (Wildman–Crippen MR) is 57.1 cm³/mol. The summed E-state index contributed by atoms with van der Waals surface area (Å²) < 4.78 is 28.1. The normalized spacial score (nSPS) is 12.0. The van der Waals surface area contributed by atoms with Crippen LogP contribution in [-0.2, 0) is 4.79 Å². The third kappa shape index (κ3) is 3.40. The maximum Gasteiger partial charge on any atom is 0.387 e. The van der Waals surface area contributed by atoms with E-state index in [0.717, 1.165) is 6.07 Å². The van der Waals surface area contributed by atoms with Crippen molar-refractivity contribution < 1.29 is 18.3 Å². The second-order valence-electron chi connectivity index (χ2n) is 3.21. The van der Waals surface area contributed by atoms with Gasteiger partial charge in [-0.2, -0.15) is 14.0 Å². The lowest BCUT2D eigenvalue weighted by molar-refractivity contribution is -0.116. The molecule has 0 spiro atoms. The maximum atomic E-state index is 12.0. The first kappa shape index (κ1) is 13.4. The summed E-state index contributed by atoms with van der Waals surface area (Å²) in [4.78, 5) is 11.1. The molecule has 0 aliphatic heterocycles. The van der Waals surface area contributed by atoms with Gasteiger partial charge < -0.3 is 4.74 Å². The molecule has 0 aliphatic rings. The molecule has 90 valence electrons. The lowest BCUT2D eigenvalue weighted by Gasteiger charge is -2.10. The number of ketones is 1. The largest absolute Gasteiger partial charge is 0.435 e. The molecule has 0 heterocycles. The Bertz CT molecular complexity index is 471. The van der Waals surface area contributed by atoms with Crippen molar-refractivity contribution in [2.45, 2.75) is 18.9 Å². The Morgan fingerprint density at radius 2 is 2.18 bits per heavy atom. The Hall–Kier alpha value is -1.67. The highest BCUT2D eigenvalue weighted by molar-refractivity contribution is 6.31. The van der Waals surface area contributed by atoms with Crippen molar-refractivity contribution in [1.82, 2.24) is 0 Å². The Labute approximate surface area is 102 Å². The monoisotopic (exact) mass is 259 g/mol. The van der Waals surface area contributed by atoms with Gasteiger partial charge in [0.25, 0.3) is 0 Å². The van der Waals surface area contributed by atoms with E-state index in [1.807, 2.05) is 0 Å². The van der Waals surface area contributed by atoms with Gasteiger partial charge in [-0.3, -0.25) is 4.79 Å². The number of Topliss-reactive ketones (excluding diaryl/α,β-unsaturated/α-hetero) is 1. The van der Waals surface area contributed by atoms with Gasteiger partial charge >= 0.3 is 6.61 Å². The van der Waals surface area contributed by atoms with Crippen molar-refractivity contribution in [3.8, 4) is 11.8 Å². The molecule has 0 radical (unpaired) electrons. The number of benzene rings is 1. The molecule has 1 rings (SSSR count). The van der Waals surface area contributed by atoms with Crippen LogP contribution in [0.3, 0.4) is 0 Å². The van der Waals surface area contributed by atoms with E-state index < -0.39 is 12.0 Å². The Morgan fingerprint density at radius 1 is 1.53 bits per heavy atom. The van der Waals surface area contributed by atoms with Gasteiger partial charge in [0.15, 0.2) is 5.78 Å². The minimum absolute atomic E-state index is 0.0401.